The SMILES string of the molecule is O=C(NCCCN1CCCC1=O)N[C@H]1c2ccccc2C[C@H]1O. The predicted octanol–water partition coefficient (Wildman–Crippen LogP) is 0.956. The average Bonchev–Trinajstić information content (AvgIpc) is 3.08. The molecule has 0 saturated carbocycles. The number of likely N-dealkylation sites (tertiary alicyclic amines) is 1. The number of benzene rings is 1. The lowest BCUT2D eigenvalue weighted by atomic mass is 10.1. The molecule has 0 bridgehead atoms. The highest BCUT2D eigenvalue weighted by Crippen LogP contribution is 2.30. The number of hydrogen-bond donors (Lipinski definition) is 3. The molecule has 2 atom stereocenters. The third kappa shape index (κ3) is 3.64. The van der Waals surface area contributed by atoms with Crippen molar-refractivity contribution >= 4 is 11.9 Å². The molecular formula is C17H23N3O3. The first-order valence-corrected chi connectivity index (χ1v) is 8.23. The van der Waals surface area contributed by atoms with Crippen LogP contribution in [-0.2, 0) is 11.2 Å². The number of fused-ring (bicyclic) bond motifs is 1. The Hall–Kier alpha value is -2.08. The van der Waals surface area contributed by atoms with Crippen molar-refractivity contribution in [1.29, 1.82) is 0 Å². The zero-order chi connectivity index (χ0) is 16.2. The third-order valence-corrected chi connectivity index (χ3v) is 4.55. The van der Waals surface area contributed by atoms with Gasteiger partial charge in [0.1, 0.15) is 0 Å². The number of carbonyl (C=O) groups is 2. The number of hydrogen-bond acceptors (Lipinski definition) is 3. The van der Waals surface area contributed by atoms with E-state index in [-0.39, 0.29) is 18.0 Å². The minimum atomic E-state index is -0.583. The third-order valence-electron chi connectivity index (χ3n) is 4.55. The summed E-state index contributed by atoms with van der Waals surface area (Å²) in [6.07, 6.45) is 2.31. The fourth-order valence-electron chi connectivity index (χ4n) is 3.35. The molecule has 1 aromatic rings. The molecular weight excluding hydrogens is 294 g/mol. The van der Waals surface area contributed by atoms with Crippen LogP contribution in [0.1, 0.15) is 36.4 Å². The number of carbonyl (C=O) groups excluding carboxylic acids is 2. The van der Waals surface area contributed by atoms with Crippen LogP contribution in [0.25, 0.3) is 0 Å². The Morgan fingerprint density at radius 2 is 2.17 bits per heavy atom. The first kappa shape index (κ1) is 15.8. The van der Waals surface area contributed by atoms with E-state index in [1.54, 1.807) is 0 Å². The quantitative estimate of drug-likeness (QED) is 0.707. The van der Waals surface area contributed by atoms with Crippen molar-refractivity contribution < 1.29 is 14.7 Å². The molecule has 3 rings (SSSR count). The summed E-state index contributed by atoms with van der Waals surface area (Å²) < 4.78 is 0. The topological polar surface area (TPSA) is 81.7 Å². The summed E-state index contributed by atoms with van der Waals surface area (Å²) in [6.45, 7) is 2.03. The summed E-state index contributed by atoms with van der Waals surface area (Å²) >= 11 is 0. The molecule has 0 unspecified atom stereocenters. The summed E-state index contributed by atoms with van der Waals surface area (Å²) in [7, 11) is 0. The minimum absolute atomic E-state index is 0.208. The fraction of sp³-hybridized carbons (Fsp3) is 0.529. The molecule has 1 aliphatic heterocycles. The predicted molar refractivity (Wildman–Crippen MR) is 85.9 cm³/mol. The van der Waals surface area contributed by atoms with Gasteiger partial charge < -0.3 is 20.6 Å². The van der Waals surface area contributed by atoms with Crippen LogP contribution in [0.2, 0.25) is 0 Å². The highest BCUT2D eigenvalue weighted by atomic mass is 16.3. The van der Waals surface area contributed by atoms with Crippen molar-refractivity contribution in [3.63, 3.8) is 0 Å². The summed E-state index contributed by atoms with van der Waals surface area (Å²) in [6, 6.07) is 7.13. The lowest BCUT2D eigenvalue weighted by molar-refractivity contribution is -0.127. The number of nitrogens with zero attached hydrogens (tertiary/aromatic N) is 1. The van der Waals surface area contributed by atoms with Crippen LogP contribution in [0.4, 0.5) is 4.79 Å². The molecule has 1 aliphatic carbocycles. The molecule has 0 radical (unpaired) electrons. The molecule has 0 spiro atoms. The molecule has 3 N–H and O–H groups in total. The van der Waals surface area contributed by atoms with Crippen molar-refractivity contribution in [1.82, 2.24) is 15.5 Å². The smallest absolute Gasteiger partial charge is 0.315 e. The van der Waals surface area contributed by atoms with Gasteiger partial charge in [-0.05, 0) is 24.0 Å². The van der Waals surface area contributed by atoms with Crippen molar-refractivity contribution in [2.45, 2.75) is 37.8 Å². The number of nitrogens with one attached hydrogen (secondary N) is 2. The molecule has 0 aromatic heterocycles. The van der Waals surface area contributed by atoms with Gasteiger partial charge in [0, 0.05) is 32.5 Å². The van der Waals surface area contributed by atoms with E-state index in [0.29, 0.717) is 25.9 Å². The average molecular weight is 317 g/mol. The van der Waals surface area contributed by atoms with E-state index in [0.717, 1.165) is 30.5 Å². The first-order valence-electron chi connectivity index (χ1n) is 8.23. The molecule has 6 heteroatoms. The number of amides is 3. The van der Waals surface area contributed by atoms with E-state index in [1.807, 2.05) is 29.2 Å². The summed E-state index contributed by atoms with van der Waals surface area (Å²) in [5.41, 5.74) is 2.07. The van der Waals surface area contributed by atoms with Gasteiger partial charge >= 0.3 is 6.03 Å². The Labute approximate surface area is 135 Å². The molecule has 1 fully saturated rings. The Bertz CT molecular complexity index is 590. The molecule has 1 aromatic carbocycles. The Kier molecular flexibility index (Phi) is 4.81. The maximum atomic E-state index is 12.0. The number of aliphatic hydroxyl groups is 1. The van der Waals surface area contributed by atoms with Crippen LogP contribution in [-0.4, -0.2) is 47.7 Å². The van der Waals surface area contributed by atoms with E-state index in [1.165, 1.54) is 0 Å². The zero-order valence-electron chi connectivity index (χ0n) is 13.1. The highest BCUT2D eigenvalue weighted by molar-refractivity contribution is 5.78. The van der Waals surface area contributed by atoms with Crippen LogP contribution in [0.5, 0.6) is 0 Å². The largest absolute Gasteiger partial charge is 0.390 e. The second kappa shape index (κ2) is 7.00. The van der Waals surface area contributed by atoms with Gasteiger partial charge in [0.15, 0.2) is 0 Å². The first-order chi connectivity index (χ1) is 11.1. The standard InChI is InChI=1S/C17H23N3O3/c21-14-11-12-5-1-2-6-13(12)16(14)19-17(23)18-8-4-10-20-9-3-7-15(20)22/h1-2,5-6,14,16,21H,3-4,7-11H2,(H2,18,19,23)/t14-,16+/m1/s1. The molecule has 23 heavy (non-hydrogen) atoms. The molecule has 2 aliphatic rings. The lowest BCUT2D eigenvalue weighted by Crippen LogP contribution is -2.41. The van der Waals surface area contributed by atoms with Crippen LogP contribution in [0.3, 0.4) is 0 Å². The minimum Gasteiger partial charge on any atom is -0.390 e. The number of urea groups is 1. The molecule has 124 valence electrons. The van der Waals surface area contributed by atoms with Crippen LogP contribution in [0, 0.1) is 0 Å². The Morgan fingerprint density at radius 1 is 1.35 bits per heavy atom. The van der Waals surface area contributed by atoms with Crippen molar-refractivity contribution in [3.05, 3.63) is 35.4 Å². The normalized spacial score (nSPS) is 23.0. The summed E-state index contributed by atoms with van der Waals surface area (Å²) in [5, 5.41) is 15.8. The van der Waals surface area contributed by atoms with Gasteiger partial charge in [0.25, 0.3) is 0 Å². The maximum Gasteiger partial charge on any atom is 0.315 e. The molecule has 1 saturated heterocycles. The Balaban J connectivity index is 1.42. The fourth-order valence-corrected chi connectivity index (χ4v) is 3.35. The van der Waals surface area contributed by atoms with Gasteiger partial charge in [0.05, 0.1) is 12.1 Å². The van der Waals surface area contributed by atoms with E-state index in [2.05, 4.69) is 10.6 Å². The van der Waals surface area contributed by atoms with Gasteiger partial charge in [-0.25, -0.2) is 4.79 Å². The van der Waals surface area contributed by atoms with E-state index < -0.39 is 6.10 Å². The van der Waals surface area contributed by atoms with Crippen LogP contribution in [0.15, 0.2) is 24.3 Å². The maximum absolute atomic E-state index is 12.0. The monoisotopic (exact) mass is 317 g/mol. The zero-order valence-corrected chi connectivity index (χ0v) is 13.1. The number of aliphatic hydroxyl groups excluding tert-OH is 1. The van der Waals surface area contributed by atoms with E-state index >= 15 is 0 Å². The van der Waals surface area contributed by atoms with Crippen LogP contribution >= 0.6 is 0 Å². The lowest BCUT2D eigenvalue weighted by Gasteiger charge is -2.19. The van der Waals surface area contributed by atoms with Gasteiger partial charge in [-0.2, -0.15) is 0 Å². The Morgan fingerprint density at radius 3 is 2.96 bits per heavy atom. The summed E-state index contributed by atoms with van der Waals surface area (Å²) in [5.74, 6) is 0.208. The second-order valence-corrected chi connectivity index (χ2v) is 6.19. The van der Waals surface area contributed by atoms with E-state index in [9.17, 15) is 14.7 Å². The van der Waals surface area contributed by atoms with Crippen LogP contribution < -0.4 is 10.6 Å². The van der Waals surface area contributed by atoms with Gasteiger partial charge in [0.2, 0.25) is 5.91 Å². The van der Waals surface area contributed by atoms with E-state index in [4.69, 9.17) is 0 Å². The number of rotatable bonds is 5. The van der Waals surface area contributed by atoms with Crippen molar-refractivity contribution in [3.8, 4) is 0 Å². The van der Waals surface area contributed by atoms with Gasteiger partial charge in [-0.3, -0.25) is 4.79 Å². The summed E-state index contributed by atoms with van der Waals surface area (Å²) in [4.78, 5) is 25.3. The molecule has 1 heterocycles. The highest BCUT2D eigenvalue weighted by Gasteiger charge is 2.31. The van der Waals surface area contributed by atoms with Gasteiger partial charge in [-0.1, -0.05) is 24.3 Å². The molecule has 3 amide bonds. The van der Waals surface area contributed by atoms with Crippen molar-refractivity contribution in [2.75, 3.05) is 19.6 Å². The second-order valence-electron chi connectivity index (χ2n) is 6.19. The molecule has 6 nitrogen and oxygen atoms in total. The van der Waals surface area contributed by atoms with Crippen molar-refractivity contribution in [2.24, 2.45) is 0 Å². The van der Waals surface area contributed by atoms with Gasteiger partial charge in [-0.15, -0.1) is 0 Å².